The van der Waals surface area contributed by atoms with E-state index in [1.54, 1.807) is 0 Å². The van der Waals surface area contributed by atoms with Crippen molar-refractivity contribution in [3.8, 4) is 11.8 Å². The highest BCUT2D eigenvalue weighted by molar-refractivity contribution is 8.85. The van der Waals surface area contributed by atoms with Crippen molar-refractivity contribution in [2.24, 2.45) is 0 Å². The molecule has 16 nitrogen and oxygen atoms in total. The van der Waals surface area contributed by atoms with Crippen molar-refractivity contribution < 1.29 is 49.2 Å². The van der Waals surface area contributed by atoms with Crippen LogP contribution in [0.15, 0.2) is 34.1 Å². The largest absolute Gasteiger partial charge is 0.858 e. The smallest absolute Gasteiger partial charge is 0.349 e. The molecule has 2 aromatic rings. The lowest BCUT2D eigenvalue weighted by molar-refractivity contribution is -0.276. The number of aliphatic hydroxyl groups excluding tert-OH is 4. The van der Waals surface area contributed by atoms with Gasteiger partial charge in [0.15, 0.2) is 18.4 Å². The third-order valence-corrected chi connectivity index (χ3v) is 15.7. The molecule has 2 aliphatic heterocycles. The first kappa shape index (κ1) is 33.2. The van der Waals surface area contributed by atoms with E-state index in [9.17, 15) is 40.2 Å². The van der Waals surface area contributed by atoms with Crippen molar-refractivity contribution in [2.45, 2.75) is 49.1 Å². The molecule has 0 saturated carbocycles. The zero-order valence-electron chi connectivity index (χ0n) is 20.5. The lowest BCUT2D eigenvalue weighted by Crippen LogP contribution is -2.36. The van der Waals surface area contributed by atoms with Gasteiger partial charge in [-0.15, -0.1) is 0 Å². The summed E-state index contributed by atoms with van der Waals surface area (Å²) >= 11 is 19.7. The summed E-state index contributed by atoms with van der Waals surface area (Å²) in [6, 6.07) is 2.00. The van der Waals surface area contributed by atoms with E-state index in [2.05, 4.69) is 34.5 Å². The van der Waals surface area contributed by atoms with Gasteiger partial charge in [0.1, 0.15) is 61.6 Å². The number of thiol groups is 2. The molecule has 2 fully saturated rings. The molecule has 41 heavy (non-hydrogen) atoms. The van der Waals surface area contributed by atoms with E-state index in [1.165, 1.54) is 0 Å². The predicted molar refractivity (Wildman–Crippen MR) is 151 cm³/mol. The highest BCUT2D eigenvalue weighted by Gasteiger charge is 2.48. The Morgan fingerprint density at radius 2 is 1.17 bits per heavy atom. The summed E-state index contributed by atoms with van der Waals surface area (Å²) in [5, 5.41) is 64.0. The third-order valence-electron chi connectivity index (χ3n) is 6.07. The first-order valence-electron chi connectivity index (χ1n) is 11.6. The minimum atomic E-state index is -3.04. The quantitative estimate of drug-likeness (QED) is 0.0849. The summed E-state index contributed by atoms with van der Waals surface area (Å²) in [7, 11) is 0. The molecule has 0 radical (unpaired) electrons. The average molecular weight is 691 g/mol. The standard InChI is InChI=1S/C19H26N4O12P2S4/c24-10-1-3-22(18(30)20-10)16-14(28)12(26)8(34-16)5-32-36(38,39)7-37(40,41)33-6-9-13(27)15(29)17(35-9)23-4-2-11(25)21-19(23)31/h1-4,8-9,12-17,26-29H,5-7H2,(H,38,39)(H,40,41)(H,20,24,30)(H,21,25,31)/p-2/t8-,9-,12-,13-,14-,15-,16-,17-/m1/s1. The van der Waals surface area contributed by atoms with Crippen molar-refractivity contribution in [3.05, 3.63) is 45.5 Å². The van der Waals surface area contributed by atoms with Crippen molar-refractivity contribution in [3.63, 3.8) is 0 Å². The van der Waals surface area contributed by atoms with Crippen LogP contribution < -0.4 is 21.6 Å². The second-order valence-electron chi connectivity index (χ2n) is 9.01. The summed E-state index contributed by atoms with van der Waals surface area (Å²) in [5.41, 5.74) is -1.94. The minimum Gasteiger partial charge on any atom is -0.858 e. The fourth-order valence-electron chi connectivity index (χ4n) is 4.06. The summed E-state index contributed by atoms with van der Waals surface area (Å²) in [6.07, 6.45) is -8.80. The molecule has 10 atom stereocenters. The minimum absolute atomic E-state index is 0.122. The van der Waals surface area contributed by atoms with Gasteiger partial charge in [-0.2, -0.15) is 0 Å². The van der Waals surface area contributed by atoms with Gasteiger partial charge < -0.3 is 64.6 Å². The van der Waals surface area contributed by atoms with E-state index < -0.39 is 84.0 Å². The van der Waals surface area contributed by atoms with Crippen LogP contribution in [0.25, 0.3) is 0 Å². The van der Waals surface area contributed by atoms with Gasteiger partial charge in [-0.1, -0.05) is 0 Å². The van der Waals surface area contributed by atoms with E-state index >= 15 is 0 Å². The Bertz CT molecular complexity index is 1260. The lowest BCUT2D eigenvalue weighted by Gasteiger charge is -2.33. The maximum absolute atomic E-state index is 12.0. The van der Waals surface area contributed by atoms with Crippen LogP contribution in [-0.4, -0.2) is 95.3 Å². The summed E-state index contributed by atoms with van der Waals surface area (Å²) < 4.78 is 24.2. The fourth-order valence-corrected chi connectivity index (χ4v) is 17.3. The number of aliphatic hydroxyl groups is 4. The van der Waals surface area contributed by atoms with Gasteiger partial charge in [0, 0.05) is 36.9 Å². The van der Waals surface area contributed by atoms with Gasteiger partial charge in [0.25, 0.3) is 0 Å². The van der Waals surface area contributed by atoms with Crippen LogP contribution in [0.2, 0.25) is 0 Å². The molecule has 0 bridgehead atoms. The first-order valence-corrected chi connectivity index (χ1v) is 19.7. The van der Waals surface area contributed by atoms with E-state index in [0.717, 1.165) is 33.7 Å². The van der Waals surface area contributed by atoms with Gasteiger partial charge in [-0.05, 0) is 23.9 Å². The van der Waals surface area contributed by atoms with Crippen LogP contribution in [0.4, 0.5) is 0 Å². The number of aromatic nitrogens is 4. The number of ether oxygens (including phenoxy) is 2. The van der Waals surface area contributed by atoms with Crippen LogP contribution in [-0.2, 0) is 43.0 Å². The Balaban J connectivity index is 1.31. The van der Waals surface area contributed by atoms with E-state index in [0.29, 0.717) is 0 Å². The predicted octanol–water partition coefficient (Wildman–Crippen LogP) is -2.64. The normalized spacial score (nSPS) is 33.0. The topological polar surface area (TPSA) is 234 Å². The van der Waals surface area contributed by atoms with Crippen LogP contribution in [0.3, 0.4) is 0 Å². The molecule has 0 aliphatic carbocycles. The lowest BCUT2D eigenvalue weighted by atomic mass is 10.1. The number of nitrogens with zero attached hydrogens (tertiary/aromatic N) is 4. The molecule has 4 N–H and O–H groups in total. The molecule has 2 aromatic heterocycles. The van der Waals surface area contributed by atoms with E-state index in [-0.39, 0.29) is 19.1 Å². The maximum Gasteiger partial charge on any atom is 0.349 e. The number of hydrogen-bond donors (Lipinski definition) is 6. The molecule has 0 aromatic carbocycles. The Morgan fingerprint density at radius 3 is 1.51 bits per heavy atom. The maximum atomic E-state index is 12.0. The van der Waals surface area contributed by atoms with Crippen LogP contribution in [0, 0.1) is 0 Å². The molecule has 0 amide bonds. The van der Waals surface area contributed by atoms with Crippen LogP contribution in [0.5, 0.6) is 11.8 Å². The average Bonchev–Trinajstić information content (AvgIpc) is 3.31. The second kappa shape index (κ2) is 13.1. The molecule has 2 aliphatic rings. The van der Waals surface area contributed by atoms with E-state index in [4.69, 9.17) is 43.0 Å². The van der Waals surface area contributed by atoms with Crippen LogP contribution in [0.1, 0.15) is 12.5 Å². The van der Waals surface area contributed by atoms with Crippen molar-refractivity contribution in [1.29, 1.82) is 0 Å². The molecule has 228 valence electrons. The SMILES string of the molecule is O=c1nc([O-])ccn1[C@@H]1O[C@H](CO[P+]([S-])(S)C[P+]([S-])(S)OC[C@H]2O[C@@H](n3ccc([O-])nc3=O)[C@H](O)[C@@H]2O)[C@@H](O)[C@H]1O. The molecule has 4 heterocycles. The monoisotopic (exact) mass is 690 g/mol. The highest BCUT2D eigenvalue weighted by atomic mass is 33.1. The van der Waals surface area contributed by atoms with Gasteiger partial charge in [0.05, 0.1) is 0 Å². The highest BCUT2D eigenvalue weighted by Crippen LogP contribution is 2.78. The first-order chi connectivity index (χ1) is 19.1. The molecular formula is C19H24N4O12P2S4-2. The van der Waals surface area contributed by atoms with Gasteiger partial charge >= 0.3 is 11.4 Å². The Morgan fingerprint density at radius 1 is 0.805 bits per heavy atom. The summed E-state index contributed by atoms with van der Waals surface area (Å²) in [5.74, 6) is -7.74. The van der Waals surface area contributed by atoms with Crippen molar-refractivity contribution >= 4 is 60.8 Å². The molecule has 22 heteroatoms. The third kappa shape index (κ3) is 7.88. The fraction of sp³-hybridized carbons (Fsp3) is 0.579. The van der Waals surface area contributed by atoms with Crippen LogP contribution >= 0.6 is 36.3 Å². The second-order valence-corrected chi connectivity index (χ2v) is 22.2. The molecule has 4 rings (SSSR count). The molecule has 2 unspecified atom stereocenters. The zero-order chi connectivity index (χ0) is 30.3. The van der Waals surface area contributed by atoms with Gasteiger partial charge in [0.2, 0.25) is 0 Å². The molecular weight excluding hydrogens is 666 g/mol. The summed E-state index contributed by atoms with van der Waals surface area (Å²) in [4.78, 5) is 30.5. The van der Waals surface area contributed by atoms with Gasteiger partial charge in [-0.25, -0.2) is 28.6 Å². The Kier molecular flexibility index (Phi) is 10.6. The van der Waals surface area contributed by atoms with E-state index in [1.807, 2.05) is 0 Å². The number of rotatable bonds is 10. The number of hydrogen-bond acceptors (Lipinski definition) is 18. The van der Waals surface area contributed by atoms with Crippen molar-refractivity contribution in [2.75, 3.05) is 19.1 Å². The Hall–Kier alpha value is -0.700. The molecule has 2 saturated heterocycles. The molecule has 0 spiro atoms. The Labute approximate surface area is 253 Å². The van der Waals surface area contributed by atoms with Crippen molar-refractivity contribution in [1.82, 2.24) is 19.1 Å². The zero-order valence-corrected chi connectivity index (χ0v) is 25.7. The summed E-state index contributed by atoms with van der Waals surface area (Å²) in [6.45, 7) is -0.687. The van der Waals surface area contributed by atoms with Gasteiger partial charge in [-0.3, -0.25) is 9.13 Å².